The van der Waals surface area contributed by atoms with E-state index in [4.69, 9.17) is 9.47 Å². The minimum atomic E-state index is -0.954. The summed E-state index contributed by atoms with van der Waals surface area (Å²) in [7, 11) is 0. The van der Waals surface area contributed by atoms with Gasteiger partial charge in [0.05, 0.1) is 25.6 Å². The number of hydrazone groups is 2. The van der Waals surface area contributed by atoms with E-state index in [0.717, 1.165) is 21.5 Å². The molecule has 0 aliphatic carbocycles. The van der Waals surface area contributed by atoms with E-state index >= 15 is 0 Å². The molecule has 0 spiro atoms. The molecule has 0 unspecified atom stereocenters. The van der Waals surface area contributed by atoms with Crippen LogP contribution in [-0.4, -0.2) is 37.5 Å². The molecule has 0 atom stereocenters. The summed E-state index contributed by atoms with van der Waals surface area (Å²) in [4.78, 5) is 24.5. The summed E-state index contributed by atoms with van der Waals surface area (Å²) in [5.41, 5.74) is 5.88. The molecule has 4 aromatic carbocycles. The van der Waals surface area contributed by atoms with Crippen LogP contribution in [0.3, 0.4) is 0 Å². The number of amides is 2. The third-order valence-electron chi connectivity index (χ3n) is 5.39. The summed E-state index contributed by atoms with van der Waals surface area (Å²) in [6.07, 6.45) is 2.93. The largest absolute Gasteiger partial charge is 0.493 e. The number of fused-ring (bicyclic) bond motifs is 2. The van der Waals surface area contributed by atoms with Crippen LogP contribution in [0.5, 0.6) is 11.5 Å². The number of ether oxygens (including phenoxy) is 2. The lowest BCUT2D eigenvalue weighted by molar-refractivity contribution is -0.139. The fourth-order valence-corrected chi connectivity index (χ4v) is 3.79. The minimum absolute atomic E-state index is 0.480. The molecular formula is C28H26N4O4. The standard InChI is InChI=1S/C28H26N4O4/c1-3-35-25-15-13-19-9-5-7-11-21(19)23(25)17-29-31-27(33)28(34)32-30-18-24-22-12-8-6-10-20(22)14-16-26(24)36-4-2/h5-18H,3-4H2,1-2H3,(H,31,33)(H,32,34)/b29-17+,30-18?. The molecule has 2 N–H and O–H groups in total. The van der Waals surface area contributed by atoms with Crippen molar-refractivity contribution >= 4 is 45.8 Å². The third kappa shape index (κ3) is 5.50. The van der Waals surface area contributed by atoms with Gasteiger partial charge in [0.15, 0.2) is 0 Å². The van der Waals surface area contributed by atoms with Crippen molar-refractivity contribution in [2.75, 3.05) is 13.2 Å². The molecule has 8 heteroatoms. The van der Waals surface area contributed by atoms with E-state index in [0.29, 0.717) is 35.8 Å². The maximum absolute atomic E-state index is 12.3. The maximum atomic E-state index is 12.3. The van der Waals surface area contributed by atoms with Gasteiger partial charge in [-0.2, -0.15) is 10.2 Å². The molecule has 2 amide bonds. The van der Waals surface area contributed by atoms with Gasteiger partial charge < -0.3 is 9.47 Å². The van der Waals surface area contributed by atoms with E-state index in [1.165, 1.54) is 12.4 Å². The Labute approximate surface area is 208 Å². The molecule has 0 saturated carbocycles. The van der Waals surface area contributed by atoms with Gasteiger partial charge in [0.25, 0.3) is 0 Å². The van der Waals surface area contributed by atoms with Crippen LogP contribution in [0.1, 0.15) is 25.0 Å². The number of benzene rings is 4. The van der Waals surface area contributed by atoms with Crippen molar-refractivity contribution in [1.82, 2.24) is 10.9 Å². The molecule has 0 bridgehead atoms. The Morgan fingerprint density at radius 3 is 1.50 bits per heavy atom. The molecule has 4 rings (SSSR count). The number of nitrogens with zero attached hydrogens (tertiary/aromatic N) is 2. The highest BCUT2D eigenvalue weighted by molar-refractivity contribution is 6.35. The van der Waals surface area contributed by atoms with E-state index in [1.54, 1.807) is 0 Å². The quantitative estimate of drug-likeness (QED) is 0.221. The van der Waals surface area contributed by atoms with Crippen LogP contribution in [0.25, 0.3) is 21.5 Å². The molecule has 0 saturated heterocycles. The molecule has 0 aliphatic rings. The molecule has 0 heterocycles. The predicted molar refractivity (Wildman–Crippen MR) is 142 cm³/mol. The zero-order valence-electron chi connectivity index (χ0n) is 20.0. The van der Waals surface area contributed by atoms with Gasteiger partial charge in [0.1, 0.15) is 11.5 Å². The third-order valence-corrected chi connectivity index (χ3v) is 5.39. The van der Waals surface area contributed by atoms with Gasteiger partial charge in [-0.05, 0) is 47.5 Å². The van der Waals surface area contributed by atoms with Gasteiger partial charge in [-0.3, -0.25) is 9.59 Å². The summed E-state index contributed by atoms with van der Waals surface area (Å²) in [6, 6.07) is 23.1. The Bertz CT molecular complexity index is 1350. The average Bonchev–Trinajstić information content (AvgIpc) is 2.90. The van der Waals surface area contributed by atoms with Crippen molar-refractivity contribution in [2.45, 2.75) is 13.8 Å². The number of hydrogen-bond acceptors (Lipinski definition) is 6. The molecule has 0 aliphatic heterocycles. The van der Waals surface area contributed by atoms with Crippen molar-refractivity contribution in [2.24, 2.45) is 10.2 Å². The van der Waals surface area contributed by atoms with Crippen molar-refractivity contribution < 1.29 is 19.1 Å². The lowest BCUT2D eigenvalue weighted by atomic mass is 10.0. The fourth-order valence-electron chi connectivity index (χ4n) is 3.79. The van der Waals surface area contributed by atoms with Gasteiger partial charge >= 0.3 is 11.8 Å². The Balaban J connectivity index is 1.46. The summed E-state index contributed by atoms with van der Waals surface area (Å²) < 4.78 is 11.4. The van der Waals surface area contributed by atoms with Gasteiger partial charge in [0, 0.05) is 11.1 Å². The Kier molecular flexibility index (Phi) is 7.87. The van der Waals surface area contributed by atoms with E-state index in [9.17, 15) is 9.59 Å². The number of nitrogens with one attached hydrogen (secondary N) is 2. The second kappa shape index (κ2) is 11.6. The Morgan fingerprint density at radius 2 is 1.08 bits per heavy atom. The molecule has 0 fully saturated rings. The number of carbonyl (C=O) groups is 2. The SMILES string of the molecule is CCOc1ccc2ccccc2c1C=NNC(=O)C(=O)N/N=C/c1c(OCC)ccc2ccccc12. The second-order valence-corrected chi connectivity index (χ2v) is 7.66. The van der Waals surface area contributed by atoms with Gasteiger partial charge in [-0.1, -0.05) is 60.7 Å². The van der Waals surface area contributed by atoms with Crippen LogP contribution in [0.2, 0.25) is 0 Å². The second-order valence-electron chi connectivity index (χ2n) is 7.66. The molecule has 8 nitrogen and oxygen atoms in total. The van der Waals surface area contributed by atoms with Gasteiger partial charge in [0.2, 0.25) is 0 Å². The van der Waals surface area contributed by atoms with Crippen LogP contribution >= 0.6 is 0 Å². The summed E-state index contributed by atoms with van der Waals surface area (Å²) >= 11 is 0. The van der Waals surface area contributed by atoms with Crippen molar-refractivity contribution in [3.63, 3.8) is 0 Å². The molecule has 0 aromatic heterocycles. The predicted octanol–water partition coefficient (Wildman–Crippen LogP) is 4.39. The minimum Gasteiger partial charge on any atom is -0.493 e. The number of hydrogen-bond donors (Lipinski definition) is 2. The summed E-state index contributed by atoms with van der Waals surface area (Å²) in [5, 5.41) is 11.8. The highest BCUT2D eigenvalue weighted by atomic mass is 16.5. The lowest BCUT2D eigenvalue weighted by Crippen LogP contribution is -2.35. The first-order chi connectivity index (χ1) is 17.6. The normalized spacial score (nSPS) is 11.3. The van der Waals surface area contributed by atoms with Crippen LogP contribution in [-0.2, 0) is 9.59 Å². The van der Waals surface area contributed by atoms with Gasteiger partial charge in [-0.25, -0.2) is 10.9 Å². The highest BCUT2D eigenvalue weighted by Gasteiger charge is 2.13. The van der Waals surface area contributed by atoms with Crippen LogP contribution in [0.15, 0.2) is 83.0 Å². The first-order valence-corrected chi connectivity index (χ1v) is 11.6. The average molecular weight is 483 g/mol. The number of carbonyl (C=O) groups excluding carboxylic acids is 2. The van der Waals surface area contributed by atoms with E-state index in [1.807, 2.05) is 86.6 Å². The fraction of sp³-hybridized carbons (Fsp3) is 0.143. The monoisotopic (exact) mass is 482 g/mol. The maximum Gasteiger partial charge on any atom is 0.331 e. The molecule has 36 heavy (non-hydrogen) atoms. The zero-order valence-corrected chi connectivity index (χ0v) is 20.0. The summed E-state index contributed by atoms with van der Waals surface area (Å²) in [5.74, 6) is -0.652. The molecule has 182 valence electrons. The Hall–Kier alpha value is -4.72. The van der Waals surface area contributed by atoms with Crippen LogP contribution in [0.4, 0.5) is 0 Å². The lowest BCUT2D eigenvalue weighted by Gasteiger charge is -2.10. The summed E-state index contributed by atoms with van der Waals surface area (Å²) in [6.45, 7) is 4.73. The van der Waals surface area contributed by atoms with Crippen LogP contribution in [0, 0.1) is 0 Å². The van der Waals surface area contributed by atoms with Gasteiger partial charge in [-0.15, -0.1) is 0 Å². The van der Waals surface area contributed by atoms with E-state index < -0.39 is 11.8 Å². The first-order valence-electron chi connectivity index (χ1n) is 11.6. The topological polar surface area (TPSA) is 101 Å². The zero-order chi connectivity index (χ0) is 25.3. The Morgan fingerprint density at radius 1 is 0.667 bits per heavy atom. The van der Waals surface area contributed by atoms with Crippen LogP contribution < -0.4 is 20.3 Å². The molecule has 4 aromatic rings. The first kappa shape index (κ1) is 24.4. The number of rotatable bonds is 8. The smallest absolute Gasteiger partial charge is 0.331 e. The van der Waals surface area contributed by atoms with E-state index in [2.05, 4.69) is 21.1 Å². The molecular weight excluding hydrogens is 456 g/mol. The molecule has 0 radical (unpaired) electrons. The van der Waals surface area contributed by atoms with Crippen molar-refractivity contribution in [3.8, 4) is 11.5 Å². The highest BCUT2D eigenvalue weighted by Crippen LogP contribution is 2.27. The van der Waals surface area contributed by atoms with Crippen molar-refractivity contribution in [3.05, 3.63) is 83.9 Å². The van der Waals surface area contributed by atoms with Crippen molar-refractivity contribution in [1.29, 1.82) is 0 Å². The van der Waals surface area contributed by atoms with E-state index in [-0.39, 0.29) is 0 Å².